The van der Waals surface area contributed by atoms with E-state index in [-0.39, 0.29) is 12.4 Å². The third-order valence-corrected chi connectivity index (χ3v) is 8.93. The molecule has 0 bridgehead atoms. The smallest absolute Gasteiger partial charge is 0.349 e. The maximum atomic E-state index is 13.4. The standard InChI is InChI=1S/C30H20N2O5S2/c1-16-25(13-17-10-11-22-23(12-17)36-15-35-22)39-29(26(16)28-31-20-7-3-5-9-24(20)38-28)32-27(33)19-14-18-6-2-4-8-21(18)37-30(19)34/h2-12,14H,13,15H2,1H3,(H,32,33). The highest BCUT2D eigenvalue weighted by molar-refractivity contribution is 7.23. The number of aromatic nitrogens is 1. The van der Waals surface area contributed by atoms with Gasteiger partial charge >= 0.3 is 5.63 Å². The SMILES string of the molecule is Cc1c(Cc2ccc3c(c2)OCO3)sc(NC(=O)c2cc3ccccc3oc2=O)c1-c1nc2ccccc2s1. The summed E-state index contributed by atoms with van der Waals surface area (Å²) in [5.41, 5.74) is 3.55. The molecule has 9 heteroatoms. The van der Waals surface area contributed by atoms with Gasteiger partial charge in [0, 0.05) is 22.2 Å². The maximum absolute atomic E-state index is 13.4. The van der Waals surface area contributed by atoms with E-state index in [1.165, 1.54) is 11.3 Å². The van der Waals surface area contributed by atoms with E-state index >= 15 is 0 Å². The van der Waals surface area contributed by atoms with Gasteiger partial charge in [-0.1, -0.05) is 36.4 Å². The van der Waals surface area contributed by atoms with Crippen LogP contribution < -0.4 is 20.4 Å². The molecule has 1 aliphatic heterocycles. The zero-order valence-corrected chi connectivity index (χ0v) is 22.3. The minimum absolute atomic E-state index is 0.0488. The molecular formula is C30H20N2O5S2. The van der Waals surface area contributed by atoms with Gasteiger partial charge in [-0.2, -0.15) is 0 Å². The molecule has 1 N–H and O–H groups in total. The van der Waals surface area contributed by atoms with E-state index < -0.39 is 11.5 Å². The molecule has 4 heterocycles. The normalized spacial score (nSPS) is 12.3. The summed E-state index contributed by atoms with van der Waals surface area (Å²) in [7, 11) is 0. The lowest BCUT2D eigenvalue weighted by Gasteiger charge is -2.06. The number of carbonyl (C=O) groups is 1. The quantitative estimate of drug-likeness (QED) is 0.231. The Hall–Kier alpha value is -4.47. The lowest BCUT2D eigenvalue weighted by atomic mass is 10.1. The molecular weight excluding hydrogens is 532 g/mol. The third kappa shape index (κ3) is 4.25. The molecule has 0 fully saturated rings. The van der Waals surface area contributed by atoms with Crippen molar-refractivity contribution in [3.63, 3.8) is 0 Å². The molecule has 7 rings (SSSR count). The van der Waals surface area contributed by atoms with Gasteiger partial charge < -0.3 is 19.2 Å². The molecule has 0 saturated heterocycles. The van der Waals surface area contributed by atoms with Crippen LogP contribution in [0.2, 0.25) is 0 Å². The number of benzene rings is 3. The van der Waals surface area contributed by atoms with Crippen molar-refractivity contribution in [1.82, 2.24) is 4.98 Å². The number of nitrogens with zero attached hydrogens (tertiary/aromatic N) is 1. The first-order valence-electron chi connectivity index (χ1n) is 12.2. The lowest BCUT2D eigenvalue weighted by molar-refractivity contribution is 0.102. The predicted octanol–water partition coefficient (Wildman–Crippen LogP) is 7.01. The number of hydrogen-bond acceptors (Lipinski definition) is 8. The van der Waals surface area contributed by atoms with Gasteiger partial charge in [-0.3, -0.25) is 4.79 Å². The van der Waals surface area contributed by atoms with Crippen molar-refractivity contribution in [3.8, 4) is 22.1 Å². The summed E-state index contributed by atoms with van der Waals surface area (Å²) in [4.78, 5) is 32.1. The Labute approximate surface area is 230 Å². The second-order valence-electron chi connectivity index (χ2n) is 9.14. The first kappa shape index (κ1) is 23.6. The highest BCUT2D eigenvalue weighted by atomic mass is 32.1. The number of amides is 1. The minimum Gasteiger partial charge on any atom is -0.454 e. The Bertz CT molecular complexity index is 1940. The molecule has 0 unspecified atom stereocenters. The molecule has 0 atom stereocenters. The molecule has 3 aromatic carbocycles. The first-order chi connectivity index (χ1) is 19.0. The number of ether oxygens (including phenoxy) is 2. The van der Waals surface area contributed by atoms with E-state index in [4.69, 9.17) is 18.9 Å². The molecule has 0 aliphatic carbocycles. The monoisotopic (exact) mass is 552 g/mol. The van der Waals surface area contributed by atoms with E-state index in [9.17, 15) is 9.59 Å². The summed E-state index contributed by atoms with van der Waals surface area (Å²) in [6.45, 7) is 2.26. The summed E-state index contributed by atoms with van der Waals surface area (Å²) in [6, 6.07) is 22.6. The highest BCUT2D eigenvalue weighted by Crippen LogP contribution is 2.44. The number of hydrogen-bond donors (Lipinski definition) is 1. The van der Waals surface area contributed by atoms with Crippen molar-refractivity contribution < 1.29 is 18.7 Å². The number of para-hydroxylation sites is 2. The Morgan fingerprint density at radius 2 is 1.79 bits per heavy atom. The zero-order valence-electron chi connectivity index (χ0n) is 20.6. The van der Waals surface area contributed by atoms with Gasteiger partial charge in [0.05, 0.1) is 10.2 Å². The van der Waals surface area contributed by atoms with E-state index in [2.05, 4.69) is 5.32 Å². The Morgan fingerprint density at radius 3 is 2.69 bits per heavy atom. The largest absolute Gasteiger partial charge is 0.454 e. The van der Waals surface area contributed by atoms with Crippen molar-refractivity contribution in [2.75, 3.05) is 12.1 Å². The van der Waals surface area contributed by atoms with Crippen LogP contribution in [0.4, 0.5) is 5.00 Å². The Morgan fingerprint density at radius 1 is 0.974 bits per heavy atom. The van der Waals surface area contributed by atoms with Gasteiger partial charge in [0.1, 0.15) is 21.2 Å². The maximum Gasteiger partial charge on any atom is 0.349 e. The van der Waals surface area contributed by atoms with Crippen LogP contribution in [0.15, 0.2) is 82.0 Å². The van der Waals surface area contributed by atoms with Gasteiger partial charge in [0.15, 0.2) is 11.5 Å². The van der Waals surface area contributed by atoms with E-state index in [0.717, 1.165) is 48.3 Å². The summed E-state index contributed by atoms with van der Waals surface area (Å²) in [5.74, 6) is 0.941. The molecule has 192 valence electrons. The first-order valence-corrected chi connectivity index (χ1v) is 13.9. The van der Waals surface area contributed by atoms with Crippen molar-refractivity contribution in [2.45, 2.75) is 13.3 Å². The molecule has 0 spiro atoms. The van der Waals surface area contributed by atoms with Crippen LogP contribution in [0.1, 0.15) is 26.4 Å². The molecule has 0 radical (unpaired) electrons. The second kappa shape index (κ2) is 9.37. The second-order valence-corrected chi connectivity index (χ2v) is 11.3. The van der Waals surface area contributed by atoms with Crippen LogP contribution in [0.25, 0.3) is 31.8 Å². The summed E-state index contributed by atoms with van der Waals surface area (Å²) >= 11 is 3.05. The minimum atomic E-state index is -0.679. The fourth-order valence-corrected chi connectivity index (χ4v) is 7.06. The number of rotatable bonds is 5. The fraction of sp³-hybridized carbons (Fsp3) is 0.100. The molecule has 3 aromatic heterocycles. The number of thiazole rings is 1. The number of fused-ring (bicyclic) bond motifs is 3. The zero-order chi connectivity index (χ0) is 26.5. The van der Waals surface area contributed by atoms with Crippen LogP contribution in [-0.4, -0.2) is 17.7 Å². The molecule has 1 amide bonds. The number of nitrogens with one attached hydrogen (secondary N) is 1. The average Bonchev–Trinajstić information content (AvgIpc) is 3.65. The van der Waals surface area contributed by atoms with Gasteiger partial charge in [0.25, 0.3) is 5.91 Å². The molecule has 0 saturated carbocycles. The van der Waals surface area contributed by atoms with Gasteiger partial charge in [-0.05, 0) is 54.4 Å². The van der Waals surface area contributed by atoms with E-state index in [0.29, 0.717) is 22.4 Å². The predicted molar refractivity (Wildman–Crippen MR) is 153 cm³/mol. The third-order valence-electron chi connectivity index (χ3n) is 6.67. The van der Waals surface area contributed by atoms with Crippen molar-refractivity contribution in [1.29, 1.82) is 0 Å². The van der Waals surface area contributed by atoms with Crippen LogP contribution >= 0.6 is 22.7 Å². The number of anilines is 1. The summed E-state index contributed by atoms with van der Waals surface area (Å²) in [5, 5.41) is 5.13. The molecule has 7 nitrogen and oxygen atoms in total. The summed E-state index contributed by atoms with van der Waals surface area (Å²) < 4.78 is 17.5. The summed E-state index contributed by atoms with van der Waals surface area (Å²) in [6.07, 6.45) is 0.638. The lowest BCUT2D eigenvalue weighted by Crippen LogP contribution is -2.20. The Kier molecular flexibility index (Phi) is 5.68. The van der Waals surface area contributed by atoms with Crippen LogP contribution in [0.3, 0.4) is 0 Å². The topological polar surface area (TPSA) is 90.7 Å². The van der Waals surface area contributed by atoms with Gasteiger partial charge in [0.2, 0.25) is 6.79 Å². The van der Waals surface area contributed by atoms with Crippen molar-refractivity contribution in [3.05, 3.63) is 105 Å². The number of thiophene rings is 1. The molecule has 6 aromatic rings. The van der Waals surface area contributed by atoms with Gasteiger partial charge in [-0.15, -0.1) is 22.7 Å². The van der Waals surface area contributed by atoms with Crippen LogP contribution in [-0.2, 0) is 6.42 Å². The van der Waals surface area contributed by atoms with Crippen LogP contribution in [0, 0.1) is 6.92 Å². The average molecular weight is 553 g/mol. The van der Waals surface area contributed by atoms with E-state index in [1.807, 2.05) is 55.5 Å². The van der Waals surface area contributed by atoms with Crippen molar-refractivity contribution in [2.24, 2.45) is 0 Å². The molecule has 39 heavy (non-hydrogen) atoms. The Balaban J connectivity index is 1.30. The molecule has 1 aliphatic rings. The van der Waals surface area contributed by atoms with Gasteiger partial charge in [-0.25, -0.2) is 9.78 Å². The van der Waals surface area contributed by atoms with E-state index in [1.54, 1.807) is 35.6 Å². The van der Waals surface area contributed by atoms with Crippen LogP contribution in [0.5, 0.6) is 11.5 Å². The highest BCUT2D eigenvalue weighted by Gasteiger charge is 2.24. The number of carbonyl (C=O) groups excluding carboxylic acids is 1. The van der Waals surface area contributed by atoms with Crippen molar-refractivity contribution >= 4 is 54.8 Å². The fourth-order valence-electron chi connectivity index (χ4n) is 4.68.